The van der Waals surface area contributed by atoms with Gasteiger partial charge in [0, 0.05) is 40.3 Å². The number of hydrogen-bond donors (Lipinski definition) is 0. The van der Waals surface area contributed by atoms with Crippen molar-refractivity contribution in [2.24, 2.45) is 0 Å². The van der Waals surface area contributed by atoms with Crippen molar-refractivity contribution in [1.29, 1.82) is 0 Å². The Hall–Kier alpha value is -4.42. The van der Waals surface area contributed by atoms with Crippen LogP contribution in [0.3, 0.4) is 0 Å². The molecule has 12 rings (SSSR count). The predicted molar refractivity (Wildman–Crippen MR) is 213 cm³/mol. The van der Waals surface area contributed by atoms with Crippen molar-refractivity contribution >= 4 is 149 Å². The van der Waals surface area contributed by atoms with E-state index < -0.39 is 0 Å². The first-order chi connectivity index (χ1) is 23.8. The Labute approximate surface area is 295 Å². The summed E-state index contributed by atoms with van der Waals surface area (Å²) in [7, 11) is 0. The summed E-state index contributed by atoms with van der Waals surface area (Å²) in [5.74, 6) is 0. The van der Waals surface area contributed by atoms with Gasteiger partial charge in [0.1, 0.15) is 10.0 Å². The molecule has 0 saturated carbocycles. The number of nitrogens with zero attached hydrogens (tertiary/aromatic N) is 4. The van der Waals surface area contributed by atoms with Crippen molar-refractivity contribution in [1.82, 2.24) is 19.1 Å². The second-order valence-electron chi connectivity index (χ2n) is 11.9. The second-order valence-corrected chi connectivity index (χ2v) is 17.9. The van der Waals surface area contributed by atoms with Crippen LogP contribution in [0, 0.1) is 0 Å². The van der Waals surface area contributed by atoms with Gasteiger partial charge >= 0.3 is 0 Å². The minimum Gasteiger partial charge on any atom is -0.299 e. The summed E-state index contributed by atoms with van der Waals surface area (Å²) in [6.45, 7) is 0. The molecule has 0 bridgehead atoms. The van der Waals surface area contributed by atoms with E-state index >= 15 is 0 Å². The minimum atomic E-state index is 0.883. The molecule has 0 aliphatic rings. The Morgan fingerprint density at radius 3 is 1.40 bits per heavy atom. The van der Waals surface area contributed by atoms with Gasteiger partial charge in [-0.05, 0) is 59.3 Å². The number of para-hydroxylation sites is 2. The minimum absolute atomic E-state index is 0.883. The largest absolute Gasteiger partial charge is 0.299 e. The fourth-order valence-corrected chi connectivity index (χ4v) is 14.8. The number of pyridine rings is 2. The van der Waals surface area contributed by atoms with Gasteiger partial charge in [-0.15, -0.1) is 68.0 Å². The van der Waals surface area contributed by atoms with Crippen LogP contribution in [0.4, 0.5) is 0 Å². The zero-order chi connectivity index (χ0) is 31.1. The third-order valence-corrected chi connectivity index (χ3v) is 16.4. The highest BCUT2D eigenvalue weighted by Crippen LogP contribution is 2.47. The van der Waals surface area contributed by atoms with Crippen LogP contribution in [0.1, 0.15) is 0 Å². The van der Waals surface area contributed by atoms with Gasteiger partial charge in [-0.1, -0.05) is 36.4 Å². The quantitative estimate of drug-likeness (QED) is 0.182. The summed E-state index contributed by atoms with van der Waals surface area (Å²) in [5, 5.41) is 11.7. The molecule has 0 unspecified atom stereocenters. The van der Waals surface area contributed by atoms with Gasteiger partial charge in [0.25, 0.3) is 0 Å². The lowest BCUT2D eigenvalue weighted by molar-refractivity contribution is 1.19. The molecule has 0 radical (unpaired) electrons. The van der Waals surface area contributed by atoms with Crippen LogP contribution in [0.15, 0.2) is 108 Å². The first-order valence-electron chi connectivity index (χ1n) is 15.4. The number of fused-ring (bicyclic) bond motifs is 12. The normalized spacial score (nSPS) is 12.6. The molecule has 0 aliphatic carbocycles. The molecule has 0 N–H and O–H groups in total. The topological polar surface area (TPSA) is 35.6 Å². The molecule has 0 spiro atoms. The number of thiophene rings is 6. The average Bonchev–Trinajstić information content (AvgIpc) is 3.96. The van der Waals surface area contributed by atoms with Crippen molar-refractivity contribution in [2.45, 2.75) is 0 Å². The summed E-state index contributed by atoms with van der Waals surface area (Å²) in [6, 6.07) is 31.1. The molecule has 10 aromatic heterocycles. The van der Waals surface area contributed by atoms with Crippen molar-refractivity contribution in [3.63, 3.8) is 0 Å². The highest BCUT2D eigenvalue weighted by Gasteiger charge is 2.20. The van der Waals surface area contributed by atoms with E-state index in [4.69, 9.17) is 9.97 Å². The van der Waals surface area contributed by atoms with Crippen LogP contribution < -0.4 is 0 Å². The molecule has 0 amide bonds. The van der Waals surface area contributed by atoms with Crippen molar-refractivity contribution < 1.29 is 0 Å². The summed E-state index contributed by atoms with van der Waals surface area (Å²) in [4.78, 5) is 10.1. The summed E-state index contributed by atoms with van der Waals surface area (Å²) < 4.78 is 15.8. The SMILES string of the molecule is c1ccc2c(c1)c1cc(-c3cc4c5ccccc5n(-c5cc6sc7ccsc7c6s5)c4cn3)ncc1n2-c1cc2sc3ccsc3c2s1. The zero-order valence-corrected chi connectivity index (χ0v) is 29.5. The van der Waals surface area contributed by atoms with Gasteiger partial charge in [-0.3, -0.25) is 19.1 Å². The van der Waals surface area contributed by atoms with Crippen LogP contribution in [-0.4, -0.2) is 19.1 Å². The third kappa shape index (κ3) is 3.51. The van der Waals surface area contributed by atoms with E-state index in [0.717, 1.165) is 22.4 Å². The van der Waals surface area contributed by atoms with Gasteiger partial charge in [-0.25, -0.2) is 0 Å². The Morgan fingerprint density at radius 1 is 0.417 bits per heavy atom. The Morgan fingerprint density at radius 2 is 0.896 bits per heavy atom. The second kappa shape index (κ2) is 9.60. The zero-order valence-electron chi connectivity index (χ0n) is 24.6. The van der Waals surface area contributed by atoms with Crippen LogP contribution in [0.25, 0.3) is 103 Å². The average molecular weight is 723 g/mol. The number of benzene rings is 2. The molecule has 0 fully saturated rings. The Bertz CT molecular complexity index is 3040. The van der Waals surface area contributed by atoms with Crippen LogP contribution >= 0.6 is 68.0 Å². The highest BCUT2D eigenvalue weighted by atomic mass is 32.1. The third-order valence-electron chi connectivity index (χ3n) is 9.30. The van der Waals surface area contributed by atoms with E-state index in [9.17, 15) is 0 Å². The first-order valence-corrected chi connectivity index (χ1v) is 20.4. The Balaban J connectivity index is 1.04. The molecule has 4 nitrogen and oxygen atoms in total. The van der Waals surface area contributed by atoms with Gasteiger partial charge in [0.05, 0.1) is 64.6 Å². The molecular weight excluding hydrogens is 705 g/mol. The molecular formula is C38H18N4S6. The standard InChI is InChI=1S/C38H18N4S6/c1-3-7-25-19(5-1)21-13-23(39-17-27(21)41(25)33-15-31-37(47-33)35-29(45-31)9-11-43-35)24-14-22-20-6-2-4-8-26(20)42(28(22)18-40-24)34-16-32-38(48-34)36-30(46-32)10-12-44-36/h1-18H. The predicted octanol–water partition coefficient (Wildman–Crippen LogP) is 13.3. The van der Waals surface area contributed by atoms with Gasteiger partial charge in [0.2, 0.25) is 0 Å². The van der Waals surface area contributed by atoms with E-state index in [1.807, 2.05) is 80.4 Å². The first kappa shape index (κ1) is 26.5. The molecule has 10 heterocycles. The number of aromatic nitrogens is 4. The van der Waals surface area contributed by atoms with Gasteiger partial charge < -0.3 is 0 Å². The molecule has 226 valence electrons. The molecule has 12 aromatic rings. The molecule has 0 aliphatic heterocycles. The number of rotatable bonds is 3. The molecule has 0 atom stereocenters. The maximum atomic E-state index is 5.06. The van der Waals surface area contributed by atoms with Crippen LogP contribution in [-0.2, 0) is 0 Å². The van der Waals surface area contributed by atoms with E-state index in [2.05, 4.69) is 105 Å². The maximum absolute atomic E-state index is 5.06. The highest BCUT2D eigenvalue weighted by molar-refractivity contribution is 7.39. The van der Waals surface area contributed by atoms with Gasteiger partial charge in [0.15, 0.2) is 0 Å². The molecule has 0 saturated heterocycles. The monoisotopic (exact) mass is 722 g/mol. The van der Waals surface area contributed by atoms with E-state index in [-0.39, 0.29) is 0 Å². The summed E-state index contributed by atoms with van der Waals surface area (Å²) in [6.07, 6.45) is 4.08. The van der Waals surface area contributed by atoms with Crippen molar-refractivity contribution in [3.05, 3.63) is 108 Å². The molecule has 10 heteroatoms. The van der Waals surface area contributed by atoms with Crippen LogP contribution in [0.2, 0.25) is 0 Å². The summed E-state index contributed by atoms with van der Waals surface area (Å²) >= 11 is 11.2. The van der Waals surface area contributed by atoms with Crippen molar-refractivity contribution in [2.75, 3.05) is 0 Å². The fraction of sp³-hybridized carbons (Fsp3) is 0. The maximum Gasteiger partial charge on any atom is 0.102 e. The molecule has 48 heavy (non-hydrogen) atoms. The van der Waals surface area contributed by atoms with E-state index in [0.29, 0.717) is 0 Å². The fourth-order valence-electron chi connectivity index (χ4n) is 7.23. The van der Waals surface area contributed by atoms with E-state index in [1.54, 1.807) is 0 Å². The van der Waals surface area contributed by atoms with Gasteiger partial charge in [-0.2, -0.15) is 0 Å². The van der Waals surface area contributed by atoms with E-state index in [1.165, 1.54) is 80.2 Å². The lowest BCUT2D eigenvalue weighted by Gasteiger charge is -2.06. The lowest BCUT2D eigenvalue weighted by Crippen LogP contribution is -1.93. The van der Waals surface area contributed by atoms with Crippen molar-refractivity contribution in [3.8, 4) is 21.4 Å². The summed E-state index contributed by atoms with van der Waals surface area (Å²) in [5.41, 5.74) is 6.40. The molecule has 2 aromatic carbocycles. The Kier molecular flexibility index (Phi) is 5.30. The number of hydrogen-bond acceptors (Lipinski definition) is 8. The smallest absolute Gasteiger partial charge is 0.102 e. The van der Waals surface area contributed by atoms with Crippen LogP contribution in [0.5, 0.6) is 0 Å². The lowest BCUT2D eigenvalue weighted by atomic mass is 10.1.